The molecular formula is C15H19NO4S. The van der Waals surface area contributed by atoms with Crippen molar-refractivity contribution in [1.82, 2.24) is 4.90 Å². The van der Waals surface area contributed by atoms with E-state index in [1.165, 1.54) is 22.2 Å². The maximum Gasteiger partial charge on any atom is 0.327 e. The number of thioether (sulfide) groups is 1. The second kappa shape index (κ2) is 6.85. The number of carbonyl (C=O) groups excluding carboxylic acids is 1. The summed E-state index contributed by atoms with van der Waals surface area (Å²) in [6.07, 6.45) is 0. The zero-order valence-corrected chi connectivity index (χ0v) is 12.9. The quantitative estimate of drug-likeness (QED) is 0.903. The molecule has 6 heteroatoms. The van der Waals surface area contributed by atoms with Crippen LogP contribution in [0.2, 0.25) is 0 Å². The van der Waals surface area contributed by atoms with E-state index >= 15 is 0 Å². The third kappa shape index (κ3) is 3.91. The summed E-state index contributed by atoms with van der Waals surface area (Å²) >= 11 is 1.44. The Morgan fingerprint density at radius 3 is 2.62 bits per heavy atom. The van der Waals surface area contributed by atoms with Gasteiger partial charge in [0.1, 0.15) is 11.8 Å². The van der Waals surface area contributed by atoms with Crippen LogP contribution >= 0.6 is 11.8 Å². The standard InChI is InChI=1S/C15H19NO4S/c1-10(2)11-3-5-12(6-4-11)20-7-14(17)16-9-21-8-13(16)15(18)19/h3-6,10,13H,7-9H2,1-2H3,(H,18,19)/t13-/m0/s1. The molecule has 1 saturated heterocycles. The number of hydrogen-bond acceptors (Lipinski definition) is 4. The minimum atomic E-state index is -0.963. The van der Waals surface area contributed by atoms with Crippen molar-refractivity contribution >= 4 is 23.6 Å². The molecule has 1 atom stereocenters. The van der Waals surface area contributed by atoms with Crippen molar-refractivity contribution in [1.29, 1.82) is 0 Å². The topological polar surface area (TPSA) is 66.8 Å². The van der Waals surface area contributed by atoms with Crippen LogP contribution in [0.4, 0.5) is 0 Å². The molecule has 0 spiro atoms. The molecule has 1 amide bonds. The van der Waals surface area contributed by atoms with E-state index in [4.69, 9.17) is 9.84 Å². The van der Waals surface area contributed by atoms with Gasteiger partial charge in [-0.25, -0.2) is 4.79 Å². The minimum absolute atomic E-state index is 0.134. The summed E-state index contributed by atoms with van der Waals surface area (Å²) in [6, 6.07) is 6.85. The number of carbonyl (C=O) groups is 2. The Morgan fingerprint density at radius 2 is 2.05 bits per heavy atom. The molecule has 5 nitrogen and oxygen atoms in total. The van der Waals surface area contributed by atoms with Gasteiger partial charge in [-0.15, -0.1) is 11.8 Å². The van der Waals surface area contributed by atoms with Crippen LogP contribution in [-0.4, -0.2) is 46.2 Å². The number of carboxylic acids is 1. The number of nitrogens with zero attached hydrogens (tertiary/aromatic N) is 1. The average Bonchev–Trinajstić information content (AvgIpc) is 2.95. The van der Waals surface area contributed by atoms with Gasteiger partial charge >= 0.3 is 5.97 Å². The molecule has 1 aliphatic heterocycles. The monoisotopic (exact) mass is 309 g/mol. The van der Waals surface area contributed by atoms with E-state index in [2.05, 4.69) is 13.8 Å². The van der Waals surface area contributed by atoms with Gasteiger partial charge in [0.2, 0.25) is 0 Å². The first-order chi connectivity index (χ1) is 9.99. The highest BCUT2D eigenvalue weighted by atomic mass is 32.2. The molecule has 1 aliphatic rings. The van der Waals surface area contributed by atoms with Gasteiger partial charge in [-0.1, -0.05) is 26.0 Å². The highest BCUT2D eigenvalue weighted by Crippen LogP contribution is 2.22. The Labute approximate surface area is 128 Å². The Kier molecular flexibility index (Phi) is 5.12. The first-order valence-electron chi connectivity index (χ1n) is 6.82. The van der Waals surface area contributed by atoms with E-state index in [9.17, 15) is 9.59 Å². The van der Waals surface area contributed by atoms with Gasteiger partial charge < -0.3 is 14.7 Å². The number of amides is 1. The fourth-order valence-corrected chi connectivity index (χ4v) is 3.24. The van der Waals surface area contributed by atoms with Crippen LogP contribution in [0, 0.1) is 0 Å². The largest absolute Gasteiger partial charge is 0.484 e. The van der Waals surface area contributed by atoms with Crippen LogP contribution in [0.15, 0.2) is 24.3 Å². The summed E-state index contributed by atoms with van der Waals surface area (Å²) in [5, 5.41) is 9.05. The van der Waals surface area contributed by atoms with Crippen molar-refractivity contribution < 1.29 is 19.4 Å². The van der Waals surface area contributed by atoms with Crippen molar-refractivity contribution in [3.8, 4) is 5.75 Å². The van der Waals surface area contributed by atoms with Crippen LogP contribution in [0.3, 0.4) is 0 Å². The van der Waals surface area contributed by atoms with Crippen LogP contribution in [0.1, 0.15) is 25.3 Å². The first kappa shape index (κ1) is 15.7. The van der Waals surface area contributed by atoms with Gasteiger partial charge in [-0.2, -0.15) is 0 Å². The van der Waals surface area contributed by atoms with Gasteiger partial charge in [0.15, 0.2) is 6.61 Å². The smallest absolute Gasteiger partial charge is 0.327 e. The van der Waals surface area contributed by atoms with Gasteiger partial charge in [-0.05, 0) is 23.6 Å². The van der Waals surface area contributed by atoms with Crippen molar-refractivity contribution in [3.63, 3.8) is 0 Å². The summed E-state index contributed by atoms with van der Waals surface area (Å²) in [6.45, 7) is 4.08. The van der Waals surface area contributed by atoms with E-state index in [-0.39, 0.29) is 12.5 Å². The van der Waals surface area contributed by atoms with Crippen LogP contribution in [0.25, 0.3) is 0 Å². The second-order valence-electron chi connectivity index (χ2n) is 5.23. The summed E-state index contributed by atoms with van der Waals surface area (Å²) < 4.78 is 5.45. The number of aliphatic carboxylic acids is 1. The zero-order valence-electron chi connectivity index (χ0n) is 12.1. The molecule has 0 aliphatic carbocycles. The van der Waals surface area contributed by atoms with E-state index < -0.39 is 12.0 Å². The summed E-state index contributed by atoms with van der Waals surface area (Å²) in [7, 11) is 0. The van der Waals surface area contributed by atoms with Gasteiger partial charge in [0.25, 0.3) is 5.91 Å². The van der Waals surface area contributed by atoms with Gasteiger partial charge in [0, 0.05) is 5.75 Å². The third-order valence-electron chi connectivity index (χ3n) is 3.40. The molecule has 1 aromatic rings. The molecule has 1 N–H and O–H groups in total. The first-order valence-corrected chi connectivity index (χ1v) is 7.97. The molecule has 21 heavy (non-hydrogen) atoms. The van der Waals surface area contributed by atoms with Gasteiger partial charge in [0.05, 0.1) is 5.88 Å². The lowest BCUT2D eigenvalue weighted by molar-refractivity contribution is -0.148. The highest BCUT2D eigenvalue weighted by molar-refractivity contribution is 7.99. The van der Waals surface area contributed by atoms with Crippen LogP contribution < -0.4 is 4.74 Å². The van der Waals surface area contributed by atoms with Crippen LogP contribution in [0.5, 0.6) is 5.75 Å². The van der Waals surface area contributed by atoms with E-state index in [0.717, 1.165) is 0 Å². The van der Waals surface area contributed by atoms with E-state index in [1.54, 1.807) is 0 Å². The van der Waals surface area contributed by atoms with Crippen molar-refractivity contribution in [2.24, 2.45) is 0 Å². The van der Waals surface area contributed by atoms with Crippen LogP contribution in [-0.2, 0) is 9.59 Å². The molecule has 0 unspecified atom stereocenters. The van der Waals surface area contributed by atoms with E-state index in [0.29, 0.717) is 23.3 Å². The third-order valence-corrected chi connectivity index (χ3v) is 4.41. The van der Waals surface area contributed by atoms with Crippen molar-refractivity contribution in [2.45, 2.75) is 25.8 Å². The van der Waals surface area contributed by atoms with E-state index in [1.807, 2.05) is 24.3 Å². The summed E-state index contributed by atoms with van der Waals surface area (Å²) in [5.41, 5.74) is 1.20. The highest BCUT2D eigenvalue weighted by Gasteiger charge is 2.34. The molecule has 2 rings (SSSR count). The molecule has 0 radical (unpaired) electrons. The SMILES string of the molecule is CC(C)c1ccc(OCC(=O)N2CSC[C@H]2C(=O)O)cc1. The number of rotatable bonds is 5. The minimum Gasteiger partial charge on any atom is -0.484 e. The van der Waals surface area contributed by atoms with Crippen molar-refractivity contribution in [3.05, 3.63) is 29.8 Å². The number of benzene rings is 1. The fourth-order valence-electron chi connectivity index (χ4n) is 2.07. The molecule has 1 aromatic carbocycles. The fraction of sp³-hybridized carbons (Fsp3) is 0.467. The Bertz CT molecular complexity index is 515. The zero-order chi connectivity index (χ0) is 15.4. The second-order valence-corrected chi connectivity index (χ2v) is 6.23. The Balaban J connectivity index is 1.90. The Hall–Kier alpha value is -1.69. The average molecular weight is 309 g/mol. The predicted molar refractivity (Wildman–Crippen MR) is 81.6 cm³/mol. The molecule has 114 valence electrons. The molecule has 0 saturated carbocycles. The Morgan fingerprint density at radius 1 is 1.38 bits per heavy atom. The number of hydrogen-bond donors (Lipinski definition) is 1. The molecule has 0 bridgehead atoms. The maximum absolute atomic E-state index is 12.0. The lowest BCUT2D eigenvalue weighted by Crippen LogP contribution is -2.43. The predicted octanol–water partition coefficient (Wildman–Crippen LogP) is 2.17. The summed E-state index contributed by atoms with van der Waals surface area (Å²) in [4.78, 5) is 24.4. The molecular weight excluding hydrogens is 290 g/mol. The number of ether oxygens (including phenoxy) is 1. The number of carboxylic acid groups (broad SMARTS) is 1. The molecule has 0 aromatic heterocycles. The summed E-state index contributed by atoms with van der Waals surface area (Å²) in [5.74, 6) is 0.648. The maximum atomic E-state index is 12.0. The lowest BCUT2D eigenvalue weighted by atomic mass is 10.0. The van der Waals surface area contributed by atoms with Gasteiger partial charge in [-0.3, -0.25) is 4.79 Å². The lowest BCUT2D eigenvalue weighted by Gasteiger charge is -2.20. The van der Waals surface area contributed by atoms with Crippen molar-refractivity contribution in [2.75, 3.05) is 18.2 Å². The molecule has 1 heterocycles. The normalized spacial score (nSPS) is 18.0. The molecule has 1 fully saturated rings.